The van der Waals surface area contributed by atoms with Gasteiger partial charge in [-0.3, -0.25) is 19.6 Å². The standard InChI is InChI=1S/C23H24F2N6O5/c1-35-20-19(26-23(34)27-21(20)32)22(33)30-5-6-36-11-14(30)9-13-10-31(29-28-13)18-4-2-3-15-16(18)7-12(24)8-17(15)25/h7-8,10,14,18H,2-6,9,11H2,1H3,(H2,26,27,32,34)/t14?,18-/m1/s1. The van der Waals surface area contributed by atoms with Crippen LogP contribution in [0.25, 0.3) is 0 Å². The molecule has 1 saturated heterocycles. The molecule has 5 rings (SSSR count). The van der Waals surface area contributed by atoms with E-state index in [0.29, 0.717) is 29.7 Å². The summed E-state index contributed by atoms with van der Waals surface area (Å²) in [5.41, 5.74) is -0.278. The highest BCUT2D eigenvalue weighted by atomic mass is 19.1. The van der Waals surface area contributed by atoms with Gasteiger partial charge in [-0.2, -0.15) is 0 Å². The van der Waals surface area contributed by atoms with Crippen molar-refractivity contribution in [3.63, 3.8) is 0 Å². The summed E-state index contributed by atoms with van der Waals surface area (Å²) in [5.74, 6) is -2.06. The lowest BCUT2D eigenvalue weighted by Crippen LogP contribution is -2.50. The quantitative estimate of drug-likeness (QED) is 0.530. The van der Waals surface area contributed by atoms with Gasteiger partial charge in [-0.05, 0) is 36.5 Å². The van der Waals surface area contributed by atoms with Crippen LogP contribution in [0.4, 0.5) is 8.78 Å². The van der Waals surface area contributed by atoms with E-state index in [9.17, 15) is 23.2 Å². The first kappa shape index (κ1) is 23.9. The van der Waals surface area contributed by atoms with Crippen LogP contribution in [0.15, 0.2) is 27.9 Å². The van der Waals surface area contributed by atoms with Crippen molar-refractivity contribution < 1.29 is 23.0 Å². The number of nitrogens with one attached hydrogen (secondary N) is 2. The van der Waals surface area contributed by atoms with Crippen LogP contribution in [-0.4, -0.2) is 68.7 Å². The number of fused-ring (bicyclic) bond motifs is 1. The number of rotatable bonds is 5. The molecule has 1 amide bonds. The number of carbonyl (C=O) groups excluding carboxylic acids is 1. The van der Waals surface area contributed by atoms with E-state index in [1.165, 1.54) is 18.1 Å². The van der Waals surface area contributed by atoms with Crippen molar-refractivity contribution >= 4 is 5.91 Å². The minimum Gasteiger partial charge on any atom is -0.489 e. The number of H-pyrrole nitrogens is 2. The van der Waals surface area contributed by atoms with Crippen molar-refractivity contribution in [3.8, 4) is 5.75 Å². The second kappa shape index (κ2) is 9.64. The van der Waals surface area contributed by atoms with Crippen LogP contribution in [0.3, 0.4) is 0 Å². The fraction of sp³-hybridized carbons (Fsp3) is 0.435. The Hall–Kier alpha value is -3.87. The van der Waals surface area contributed by atoms with Crippen LogP contribution in [-0.2, 0) is 17.6 Å². The molecule has 0 spiro atoms. The Morgan fingerprint density at radius 2 is 2.11 bits per heavy atom. The van der Waals surface area contributed by atoms with Crippen LogP contribution in [0.1, 0.15) is 46.2 Å². The number of aromatic amines is 2. The molecule has 1 fully saturated rings. The third-order valence-corrected chi connectivity index (χ3v) is 6.59. The highest BCUT2D eigenvalue weighted by molar-refractivity contribution is 5.95. The molecule has 0 radical (unpaired) electrons. The van der Waals surface area contributed by atoms with E-state index in [-0.39, 0.29) is 43.7 Å². The Bertz CT molecular complexity index is 1420. The van der Waals surface area contributed by atoms with Gasteiger partial charge in [-0.25, -0.2) is 18.3 Å². The van der Waals surface area contributed by atoms with Gasteiger partial charge in [0, 0.05) is 25.2 Å². The number of aromatic nitrogens is 5. The first-order chi connectivity index (χ1) is 17.4. The van der Waals surface area contributed by atoms with E-state index in [0.717, 1.165) is 12.5 Å². The zero-order valence-corrected chi connectivity index (χ0v) is 19.4. The lowest BCUT2D eigenvalue weighted by Gasteiger charge is -2.35. The van der Waals surface area contributed by atoms with E-state index in [1.54, 1.807) is 10.9 Å². The van der Waals surface area contributed by atoms with Crippen molar-refractivity contribution in [2.45, 2.75) is 37.8 Å². The smallest absolute Gasteiger partial charge is 0.326 e. The molecule has 2 atom stereocenters. The fourth-order valence-corrected chi connectivity index (χ4v) is 4.94. The molecule has 13 heteroatoms. The molecular formula is C23H24F2N6O5. The Morgan fingerprint density at radius 1 is 1.28 bits per heavy atom. The van der Waals surface area contributed by atoms with E-state index in [4.69, 9.17) is 9.47 Å². The molecule has 0 saturated carbocycles. The third kappa shape index (κ3) is 4.41. The zero-order chi connectivity index (χ0) is 25.4. The Morgan fingerprint density at radius 3 is 2.92 bits per heavy atom. The Balaban J connectivity index is 1.39. The normalized spacial score (nSPS) is 19.7. The molecule has 3 aromatic rings. The van der Waals surface area contributed by atoms with Crippen LogP contribution in [0.5, 0.6) is 5.75 Å². The number of nitrogens with zero attached hydrogens (tertiary/aromatic N) is 4. The fourth-order valence-electron chi connectivity index (χ4n) is 4.94. The van der Waals surface area contributed by atoms with Gasteiger partial charge < -0.3 is 14.4 Å². The van der Waals surface area contributed by atoms with Crippen molar-refractivity contribution in [2.24, 2.45) is 0 Å². The Kier molecular flexibility index (Phi) is 6.39. The lowest BCUT2D eigenvalue weighted by molar-refractivity contribution is -0.00240. The largest absolute Gasteiger partial charge is 0.489 e. The van der Waals surface area contributed by atoms with Gasteiger partial charge in [0.25, 0.3) is 11.5 Å². The SMILES string of the molecule is COc1c(C(=O)N2CCOCC2Cc2cn([C@@H]3CCCc4c(F)cc(F)cc43)nn2)[nH]c(=O)[nH]c1=O. The maximum Gasteiger partial charge on any atom is 0.326 e. The summed E-state index contributed by atoms with van der Waals surface area (Å²) in [5, 5.41) is 8.43. The first-order valence-electron chi connectivity index (χ1n) is 11.5. The minimum absolute atomic E-state index is 0.205. The van der Waals surface area contributed by atoms with Crippen LogP contribution in [0.2, 0.25) is 0 Å². The number of benzene rings is 1. The summed E-state index contributed by atoms with van der Waals surface area (Å²) in [6.45, 7) is 0.710. The number of methoxy groups -OCH3 is 1. The predicted octanol–water partition coefficient (Wildman–Crippen LogP) is 0.951. The van der Waals surface area contributed by atoms with E-state index < -0.39 is 34.8 Å². The molecule has 2 N–H and O–H groups in total. The summed E-state index contributed by atoms with van der Waals surface area (Å²) in [6, 6.07) is 1.42. The lowest BCUT2D eigenvalue weighted by atomic mass is 9.87. The molecule has 2 aromatic heterocycles. The van der Waals surface area contributed by atoms with Gasteiger partial charge in [-0.1, -0.05) is 5.21 Å². The summed E-state index contributed by atoms with van der Waals surface area (Å²) >= 11 is 0. The molecule has 1 aliphatic heterocycles. The van der Waals surface area contributed by atoms with Gasteiger partial charge in [0.05, 0.1) is 38.1 Å². The molecule has 1 aromatic carbocycles. The minimum atomic E-state index is -0.822. The molecular weight excluding hydrogens is 478 g/mol. The van der Waals surface area contributed by atoms with Gasteiger partial charge in [0.2, 0.25) is 5.75 Å². The van der Waals surface area contributed by atoms with Crippen LogP contribution in [0, 0.1) is 11.6 Å². The highest BCUT2D eigenvalue weighted by Gasteiger charge is 2.33. The van der Waals surface area contributed by atoms with Crippen LogP contribution >= 0.6 is 0 Å². The number of amides is 1. The zero-order valence-electron chi connectivity index (χ0n) is 19.4. The van der Waals surface area contributed by atoms with E-state index in [2.05, 4.69) is 15.3 Å². The topological polar surface area (TPSA) is 135 Å². The van der Waals surface area contributed by atoms with E-state index >= 15 is 0 Å². The maximum atomic E-state index is 14.3. The molecule has 36 heavy (non-hydrogen) atoms. The number of halogens is 2. The second-order valence-electron chi connectivity index (χ2n) is 8.80. The molecule has 3 heterocycles. The molecule has 190 valence electrons. The number of morpholine rings is 1. The van der Waals surface area contributed by atoms with E-state index in [1.807, 2.05) is 4.98 Å². The highest BCUT2D eigenvalue weighted by Crippen LogP contribution is 2.34. The monoisotopic (exact) mass is 502 g/mol. The summed E-state index contributed by atoms with van der Waals surface area (Å²) < 4.78 is 40.4. The molecule has 1 aliphatic carbocycles. The molecule has 0 bridgehead atoms. The molecule has 11 nitrogen and oxygen atoms in total. The van der Waals surface area contributed by atoms with Crippen molar-refractivity contribution in [2.75, 3.05) is 26.9 Å². The molecule has 2 aliphatic rings. The van der Waals surface area contributed by atoms with Gasteiger partial charge in [0.1, 0.15) is 11.6 Å². The summed E-state index contributed by atoms with van der Waals surface area (Å²) in [4.78, 5) is 43.0. The average molecular weight is 502 g/mol. The number of carbonyl (C=O) groups is 1. The Labute approximate surface area is 203 Å². The number of hydrogen-bond acceptors (Lipinski definition) is 7. The third-order valence-electron chi connectivity index (χ3n) is 6.59. The number of hydrogen-bond donors (Lipinski definition) is 2. The average Bonchev–Trinajstić information content (AvgIpc) is 3.31. The van der Waals surface area contributed by atoms with Crippen molar-refractivity contribution in [1.82, 2.24) is 29.9 Å². The van der Waals surface area contributed by atoms with Gasteiger partial charge in [-0.15, -0.1) is 5.10 Å². The van der Waals surface area contributed by atoms with Gasteiger partial charge in [0.15, 0.2) is 5.69 Å². The van der Waals surface area contributed by atoms with Crippen LogP contribution < -0.4 is 16.0 Å². The first-order valence-corrected chi connectivity index (χ1v) is 11.5. The predicted molar refractivity (Wildman–Crippen MR) is 121 cm³/mol. The maximum absolute atomic E-state index is 14.3. The summed E-state index contributed by atoms with van der Waals surface area (Å²) in [7, 11) is 1.23. The second-order valence-corrected chi connectivity index (χ2v) is 8.80. The summed E-state index contributed by atoms with van der Waals surface area (Å²) in [6.07, 6.45) is 3.90. The number of ether oxygens (including phenoxy) is 2. The molecule has 1 unspecified atom stereocenters. The van der Waals surface area contributed by atoms with Crippen molar-refractivity contribution in [3.05, 3.63) is 73.3 Å². The van der Waals surface area contributed by atoms with Crippen molar-refractivity contribution in [1.29, 1.82) is 0 Å². The van der Waals surface area contributed by atoms with Gasteiger partial charge >= 0.3 is 5.69 Å².